The second kappa shape index (κ2) is 7.33. The van der Waals surface area contributed by atoms with Crippen molar-refractivity contribution in [1.29, 1.82) is 0 Å². The zero-order valence-electron chi connectivity index (χ0n) is 14.2. The minimum absolute atomic E-state index is 0.159. The van der Waals surface area contributed by atoms with Crippen LogP contribution in [-0.4, -0.2) is 21.0 Å². The number of hydrogen-bond donors (Lipinski definition) is 1. The maximum atomic E-state index is 13.0. The average Bonchev–Trinajstić information content (AvgIpc) is 3.16. The summed E-state index contributed by atoms with van der Waals surface area (Å²) >= 11 is 0. The van der Waals surface area contributed by atoms with Gasteiger partial charge in [0.05, 0.1) is 11.2 Å². The van der Waals surface area contributed by atoms with E-state index in [0.29, 0.717) is 29.4 Å². The van der Waals surface area contributed by atoms with E-state index < -0.39 is 0 Å². The molecule has 1 amide bonds. The van der Waals surface area contributed by atoms with Gasteiger partial charge in [-0.25, -0.2) is 4.39 Å². The monoisotopic (exact) mass is 362 g/mol. The number of pyridine rings is 1. The van der Waals surface area contributed by atoms with Crippen LogP contribution in [0.15, 0.2) is 65.3 Å². The molecular formula is C20H15FN4O2. The van der Waals surface area contributed by atoms with Crippen molar-refractivity contribution in [3.05, 3.63) is 72.5 Å². The third kappa shape index (κ3) is 3.82. The lowest BCUT2D eigenvalue weighted by Crippen LogP contribution is -2.12. The van der Waals surface area contributed by atoms with Crippen LogP contribution < -0.4 is 5.32 Å². The molecule has 0 bridgehead atoms. The number of benzene rings is 2. The molecule has 27 heavy (non-hydrogen) atoms. The second-order valence-corrected chi connectivity index (χ2v) is 5.94. The lowest BCUT2D eigenvalue weighted by molar-refractivity contribution is -0.116. The molecule has 0 aliphatic heterocycles. The number of carbonyl (C=O) groups excluding carboxylic acids is 1. The van der Waals surface area contributed by atoms with E-state index in [0.717, 1.165) is 10.9 Å². The van der Waals surface area contributed by atoms with Crippen molar-refractivity contribution in [3.8, 4) is 11.4 Å². The summed E-state index contributed by atoms with van der Waals surface area (Å²) in [5.74, 6) is 0.227. The van der Waals surface area contributed by atoms with Crippen molar-refractivity contribution in [3.63, 3.8) is 0 Å². The first-order valence-electron chi connectivity index (χ1n) is 8.41. The zero-order chi connectivity index (χ0) is 18.6. The predicted octanol–water partition coefficient (Wildman–Crippen LogP) is 4.00. The van der Waals surface area contributed by atoms with Gasteiger partial charge in [0.25, 0.3) is 0 Å². The van der Waals surface area contributed by atoms with Gasteiger partial charge in [0.1, 0.15) is 5.82 Å². The van der Waals surface area contributed by atoms with E-state index in [1.165, 1.54) is 12.1 Å². The van der Waals surface area contributed by atoms with Crippen molar-refractivity contribution in [2.24, 2.45) is 0 Å². The number of anilines is 1. The highest BCUT2D eigenvalue weighted by molar-refractivity contribution is 6.00. The summed E-state index contributed by atoms with van der Waals surface area (Å²) < 4.78 is 18.2. The molecule has 134 valence electrons. The van der Waals surface area contributed by atoms with Crippen molar-refractivity contribution in [1.82, 2.24) is 15.1 Å². The highest BCUT2D eigenvalue weighted by Crippen LogP contribution is 2.22. The molecule has 7 heteroatoms. The van der Waals surface area contributed by atoms with Crippen LogP contribution in [0.2, 0.25) is 0 Å². The van der Waals surface area contributed by atoms with E-state index in [1.807, 2.05) is 30.3 Å². The van der Waals surface area contributed by atoms with Crippen molar-refractivity contribution in [2.75, 3.05) is 5.32 Å². The number of aryl methyl sites for hydroxylation is 1. The van der Waals surface area contributed by atoms with Gasteiger partial charge in [-0.05, 0) is 48.5 Å². The van der Waals surface area contributed by atoms with Gasteiger partial charge < -0.3 is 9.84 Å². The van der Waals surface area contributed by atoms with Crippen LogP contribution in [0.1, 0.15) is 12.3 Å². The van der Waals surface area contributed by atoms with Gasteiger partial charge in [0.15, 0.2) is 0 Å². The number of fused-ring (bicyclic) bond motifs is 1. The Bertz CT molecular complexity index is 1090. The van der Waals surface area contributed by atoms with E-state index in [-0.39, 0.29) is 18.1 Å². The third-order valence-electron chi connectivity index (χ3n) is 4.06. The molecule has 2 heterocycles. The lowest BCUT2D eigenvalue weighted by atomic mass is 10.1. The van der Waals surface area contributed by atoms with Gasteiger partial charge in [-0.3, -0.25) is 9.78 Å². The second-order valence-electron chi connectivity index (χ2n) is 5.94. The lowest BCUT2D eigenvalue weighted by Gasteiger charge is -2.07. The SMILES string of the molecule is O=C(CCc1nc(-c2ccc(F)cc2)no1)Nc1cccc2ncccc12. The number of carbonyl (C=O) groups is 1. The molecule has 1 N–H and O–H groups in total. The van der Waals surface area contributed by atoms with Gasteiger partial charge >= 0.3 is 0 Å². The Morgan fingerprint density at radius 2 is 1.93 bits per heavy atom. The molecule has 0 unspecified atom stereocenters. The summed E-state index contributed by atoms with van der Waals surface area (Å²) in [6.45, 7) is 0. The van der Waals surface area contributed by atoms with Crippen molar-refractivity contribution >= 4 is 22.5 Å². The number of nitrogens with zero attached hydrogens (tertiary/aromatic N) is 3. The average molecular weight is 362 g/mol. The summed E-state index contributed by atoms with van der Waals surface area (Å²) in [4.78, 5) is 20.8. The largest absolute Gasteiger partial charge is 0.339 e. The van der Waals surface area contributed by atoms with E-state index in [2.05, 4.69) is 20.4 Å². The van der Waals surface area contributed by atoms with Crippen molar-refractivity contribution in [2.45, 2.75) is 12.8 Å². The molecule has 2 aromatic heterocycles. The molecule has 4 rings (SSSR count). The quantitative estimate of drug-likeness (QED) is 0.580. The molecule has 0 saturated carbocycles. The van der Waals surface area contributed by atoms with Crippen LogP contribution >= 0.6 is 0 Å². The van der Waals surface area contributed by atoms with E-state index >= 15 is 0 Å². The fraction of sp³-hybridized carbons (Fsp3) is 0.100. The first kappa shape index (κ1) is 16.8. The van der Waals surface area contributed by atoms with Crippen LogP contribution in [0, 0.1) is 5.82 Å². The fourth-order valence-corrected chi connectivity index (χ4v) is 2.72. The molecule has 0 atom stereocenters. The molecule has 0 saturated heterocycles. The maximum Gasteiger partial charge on any atom is 0.227 e. The van der Waals surface area contributed by atoms with Gasteiger partial charge in [-0.2, -0.15) is 4.98 Å². The van der Waals surface area contributed by atoms with Gasteiger partial charge in [-0.1, -0.05) is 11.2 Å². The van der Waals surface area contributed by atoms with Gasteiger partial charge in [-0.15, -0.1) is 0 Å². The van der Waals surface area contributed by atoms with Crippen LogP contribution in [0.25, 0.3) is 22.3 Å². The maximum absolute atomic E-state index is 13.0. The minimum atomic E-state index is -0.331. The van der Waals surface area contributed by atoms with Gasteiger partial charge in [0, 0.05) is 30.0 Å². The summed E-state index contributed by atoms with van der Waals surface area (Å²) in [5, 5.41) is 7.64. The number of aromatic nitrogens is 3. The normalized spacial score (nSPS) is 10.9. The summed E-state index contributed by atoms with van der Waals surface area (Å²) in [7, 11) is 0. The summed E-state index contributed by atoms with van der Waals surface area (Å²) in [6.07, 6.45) is 2.22. The van der Waals surface area contributed by atoms with E-state index in [4.69, 9.17) is 4.52 Å². The number of rotatable bonds is 5. The molecular weight excluding hydrogens is 347 g/mol. The van der Waals surface area contributed by atoms with Crippen LogP contribution in [0.5, 0.6) is 0 Å². The molecule has 0 aliphatic carbocycles. The highest BCUT2D eigenvalue weighted by Gasteiger charge is 2.12. The molecule has 6 nitrogen and oxygen atoms in total. The smallest absolute Gasteiger partial charge is 0.227 e. The van der Waals surface area contributed by atoms with Crippen LogP contribution in [0.3, 0.4) is 0 Å². The number of amides is 1. The molecule has 0 spiro atoms. The first-order valence-corrected chi connectivity index (χ1v) is 8.41. The van der Waals surface area contributed by atoms with Crippen LogP contribution in [-0.2, 0) is 11.2 Å². The highest BCUT2D eigenvalue weighted by atomic mass is 19.1. The molecule has 2 aromatic carbocycles. The Labute approximate surface area is 154 Å². The number of nitrogens with one attached hydrogen (secondary N) is 1. The minimum Gasteiger partial charge on any atom is -0.339 e. The van der Waals surface area contributed by atoms with Crippen LogP contribution in [0.4, 0.5) is 10.1 Å². The molecule has 0 aliphatic rings. The van der Waals surface area contributed by atoms with Gasteiger partial charge in [0.2, 0.25) is 17.6 Å². The zero-order valence-corrected chi connectivity index (χ0v) is 14.2. The molecule has 0 fully saturated rings. The van der Waals surface area contributed by atoms with E-state index in [1.54, 1.807) is 18.3 Å². The Hall–Kier alpha value is -3.61. The molecule has 0 radical (unpaired) electrons. The van der Waals surface area contributed by atoms with E-state index in [9.17, 15) is 9.18 Å². The topological polar surface area (TPSA) is 80.9 Å². The molecule has 4 aromatic rings. The first-order chi connectivity index (χ1) is 13.2. The third-order valence-corrected chi connectivity index (χ3v) is 4.06. The summed E-state index contributed by atoms with van der Waals surface area (Å²) in [5.41, 5.74) is 2.18. The Balaban J connectivity index is 1.40. The van der Waals surface area contributed by atoms with Crippen molar-refractivity contribution < 1.29 is 13.7 Å². The Morgan fingerprint density at radius 1 is 1.07 bits per heavy atom. The standard InChI is InChI=1S/C20H15FN4O2/c21-14-8-6-13(7-9-14)20-24-19(27-25-20)11-10-18(26)23-17-5-1-4-16-15(17)3-2-12-22-16/h1-9,12H,10-11H2,(H,23,26). The Morgan fingerprint density at radius 3 is 2.78 bits per heavy atom. The predicted molar refractivity (Wildman–Crippen MR) is 98.4 cm³/mol. The Kier molecular flexibility index (Phi) is 4.57. The summed E-state index contributed by atoms with van der Waals surface area (Å²) in [6, 6.07) is 15.1. The number of hydrogen-bond acceptors (Lipinski definition) is 5. The fourth-order valence-electron chi connectivity index (χ4n) is 2.72. The number of halogens is 1.